The SMILES string of the molecule is CCN(C)C(=O)C(C)NC(=O)c1csc(C(C)N)n1. The first-order valence-electron chi connectivity index (χ1n) is 6.13. The Bertz CT molecular complexity index is 458. The van der Waals surface area contributed by atoms with E-state index in [0.717, 1.165) is 0 Å². The van der Waals surface area contributed by atoms with Gasteiger partial charge in [-0.3, -0.25) is 9.59 Å². The Kier molecular flexibility index (Phi) is 5.44. The van der Waals surface area contributed by atoms with Crippen LogP contribution in [0.5, 0.6) is 0 Å². The molecule has 0 spiro atoms. The van der Waals surface area contributed by atoms with Crippen molar-refractivity contribution >= 4 is 23.2 Å². The van der Waals surface area contributed by atoms with E-state index in [2.05, 4.69) is 10.3 Å². The number of nitrogens with one attached hydrogen (secondary N) is 1. The molecule has 6 nitrogen and oxygen atoms in total. The first kappa shape index (κ1) is 15.6. The first-order chi connectivity index (χ1) is 8.86. The molecule has 0 radical (unpaired) electrons. The molecule has 106 valence electrons. The van der Waals surface area contributed by atoms with Gasteiger partial charge in [0.1, 0.15) is 16.7 Å². The smallest absolute Gasteiger partial charge is 0.271 e. The van der Waals surface area contributed by atoms with Gasteiger partial charge < -0.3 is 16.0 Å². The van der Waals surface area contributed by atoms with Crippen LogP contribution in [0.15, 0.2) is 5.38 Å². The molecule has 0 aromatic carbocycles. The summed E-state index contributed by atoms with van der Waals surface area (Å²) in [5, 5.41) is 4.99. The molecule has 2 atom stereocenters. The Labute approximate surface area is 117 Å². The first-order valence-corrected chi connectivity index (χ1v) is 7.01. The fourth-order valence-corrected chi connectivity index (χ4v) is 2.18. The molecule has 0 fully saturated rings. The summed E-state index contributed by atoms with van der Waals surface area (Å²) in [4.78, 5) is 29.5. The van der Waals surface area contributed by atoms with Crippen molar-refractivity contribution in [3.63, 3.8) is 0 Å². The monoisotopic (exact) mass is 284 g/mol. The highest BCUT2D eigenvalue weighted by molar-refractivity contribution is 7.09. The molecular formula is C12H20N4O2S. The minimum Gasteiger partial charge on any atom is -0.344 e. The fraction of sp³-hybridized carbons (Fsp3) is 0.583. The van der Waals surface area contributed by atoms with Crippen molar-refractivity contribution in [3.05, 3.63) is 16.1 Å². The Morgan fingerprint density at radius 2 is 2.16 bits per heavy atom. The molecular weight excluding hydrogens is 264 g/mol. The minimum atomic E-state index is -0.571. The number of carbonyl (C=O) groups is 2. The highest BCUT2D eigenvalue weighted by atomic mass is 32.1. The van der Waals surface area contributed by atoms with Crippen LogP contribution < -0.4 is 11.1 Å². The zero-order chi connectivity index (χ0) is 14.6. The molecule has 3 N–H and O–H groups in total. The number of aromatic nitrogens is 1. The van der Waals surface area contributed by atoms with Crippen molar-refractivity contribution < 1.29 is 9.59 Å². The maximum atomic E-state index is 11.9. The van der Waals surface area contributed by atoms with Crippen LogP contribution in [0.25, 0.3) is 0 Å². The predicted molar refractivity (Wildman–Crippen MR) is 75.0 cm³/mol. The lowest BCUT2D eigenvalue weighted by Crippen LogP contribution is -2.45. The number of thiazole rings is 1. The summed E-state index contributed by atoms with van der Waals surface area (Å²) >= 11 is 1.34. The Balaban J connectivity index is 2.66. The van der Waals surface area contributed by atoms with Crippen molar-refractivity contribution in [1.82, 2.24) is 15.2 Å². The second-order valence-electron chi connectivity index (χ2n) is 4.41. The number of likely N-dealkylation sites (N-methyl/N-ethyl adjacent to an activating group) is 1. The second kappa shape index (κ2) is 6.63. The summed E-state index contributed by atoms with van der Waals surface area (Å²) < 4.78 is 0. The van der Waals surface area contributed by atoms with Crippen molar-refractivity contribution in [3.8, 4) is 0 Å². The van der Waals surface area contributed by atoms with Crippen molar-refractivity contribution in [2.45, 2.75) is 32.9 Å². The third kappa shape index (κ3) is 4.00. The standard InChI is InChI=1S/C12H20N4O2S/c1-5-16(4)12(18)8(3)14-10(17)9-6-19-11(15-9)7(2)13/h6-8H,5,13H2,1-4H3,(H,14,17). The highest BCUT2D eigenvalue weighted by Crippen LogP contribution is 2.15. The molecule has 0 aliphatic rings. The van der Waals surface area contributed by atoms with E-state index < -0.39 is 6.04 Å². The Hall–Kier alpha value is -1.47. The van der Waals surface area contributed by atoms with Gasteiger partial charge >= 0.3 is 0 Å². The van der Waals surface area contributed by atoms with E-state index >= 15 is 0 Å². The topological polar surface area (TPSA) is 88.3 Å². The van der Waals surface area contributed by atoms with Crippen LogP contribution in [-0.2, 0) is 4.79 Å². The summed E-state index contributed by atoms with van der Waals surface area (Å²) in [6.45, 7) is 5.94. The van der Waals surface area contributed by atoms with Crippen molar-refractivity contribution in [2.75, 3.05) is 13.6 Å². The molecule has 0 aliphatic heterocycles. The number of rotatable bonds is 5. The molecule has 1 heterocycles. The van der Waals surface area contributed by atoms with Crippen LogP contribution in [-0.4, -0.2) is 41.3 Å². The predicted octanol–water partition coefficient (Wildman–Crippen LogP) is 0.759. The molecule has 19 heavy (non-hydrogen) atoms. The van der Waals surface area contributed by atoms with Gasteiger partial charge in [-0.2, -0.15) is 0 Å². The van der Waals surface area contributed by atoms with E-state index in [-0.39, 0.29) is 17.9 Å². The van der Waals surface area contributed by atoms with Gasteiger partial charge in [0, 0.05) is 19.0 Å². The van der Waals surface area contributed by atoms with Gasteiger partial charge in [0.15, 0.2) is 0 Å². The quantitative estimate of drug-likeness (QED) is 0.835. The van der Waals surface area contributed by atoms with Gasteiger partial charge in [0.05, 0.1) is 6.04 Å². The molecule has 1 aromatic heterocycles. The molecule has 1 rings (SSSR count). The van der Waals surface area contributed by atoms with Crippen molar-refractivity contribution in [1.29, 1.82) is 0 Å². The number of nitrogens with two attached hydrogens (primary N) is 1. The maximum absolute atomic E-state index is 11.9. The normalized spacial score (nSPS) is 13.7. The second-order valence-corrected chi connectivity index (χ2v) is 5.30. The zero-order valence-corrected chi connectivity index (χ0v) is 12.5. The van der Waals surface area contributed by atoms with Crippen LogP contribution in [0.2, 0.25) is 0 Å². The van der Waals surface area contributed by atoms with E-state index in [1.54, 1.807) is 24.3 Å². The van der Waals surface area contributed by atoms with Gasteiger partial charge in [0.25, 0.3) is 5.91 Å². The molecule has 1 aromatic rings. The summed E-state index contributed by atoms with van der Waals surface area (Å²) in [6, 6.07) is -0.769. The van der Waals surface area contributed by atoms with Crippen LogP contribution in [0.3, 0.4) is 0 Å². The molecule has 0 bridgehead atoms. The number of hydrogen-bond acceptors (Lipinski definition) is 5. The van der Waals surface area contributed by atoms with Gasteiger partial charge in [-0.25, -0.2) is 4.98 Å². The number of carbonyl (C=O) groups excluding carboxylic acids is 2. The van der Waals surface area contributed by atoms with Crippen LogP contribution in [0.4, 0.5) is 0 Å². The van der Waals surface area contributed by atoms with Gasteiger partial charge in [0.2, 0.25) is 5.91 Å². The summed E-state index contributed by atoms with van der Waals surface area (Å²) in [5.41, 5.74) is 5.99. The zero-order valence-electron chi connectivity index (χ0n) is 11.6. The summed E-state index contributed by atoms with van der Waals surface area (Å²) in [6.07, 6.45) is 0. The molecule has 2 amide bonds. The number of hydrogen-bond donors (Lipinski definition) is 2. The van der Waals surface area contributed by atoms with Crippen LogP contribution in [0.1, 0.15) is 42.3 Å². The van der Waals surface area contributed by atoms with Crippen molar-refractivity contribution in [2.24, 2.45) is 5.73 Å². The third-order valence-electron chi connectivity index (χ3n) is 2.71. The number of amides is 2. The molecule has 0 aliphatic carbocycles. The third-order valence-corrected chi connectivity index (χ3v) is 3.76. The molecule has 0 saturated carbocycles. The lowest BCUT2D eigenvalue weighted by molar-refractivity contribution is -0.131. The molecule has 2 unspecified atom stereocenters. The van der Waals surface area contributed by atoms with E-state index in [9.17, 15) is 9.59 Å². The lowest BCUT2D eigenvalue weighted by Gasteiger charge is -2.20. The van der Waals surface area contributed by atoms with Gasteiger partial charge in [-0.05, 0) is 20.8 Å². The van der Waals surface area contributed by atoms with Crippen LogP contribution >= 0.6 is 11.3 Å². The highest BCUT2D eigenvalue weighted by Gasteiger charge is 2.20. The minimum absolute atomic E-state index is 0.126. The van der Waals surface area contributed by atoms with Gasteiger partial charge in [-0.1, -0.05) is 0 Å². The maximum Gasteiger partial charge on any atom is 0.271 e. The summed E-state index contributed by atoms with van der Waals surface area (Å²) in [5.74, 6) is -0.480. The van der Waals surface area contributed by atoms with Gasteiger partial charge in [-0.15, -0.1) is 11.3 Å². The van der Waals surface area contributed by atoms with Crippen LogP contribution in [0, 0.1) is 0 Å². The van der Waals surface area contributed by atoms with E-state index in [4.69, 9.17) is 5.73 Å². The fourth-order valence-electron chi connectivity index (χ4n) is 1.42. The lowest BCUT2D eigenvalue weighted by atomic mass is 10.2. The molecule has 0 saturated heterocycles. The molecule has 7 heteroatoms. The average molecular weight is 284 g/mol. The number of nitrogens with zero attached hydrogens (tertiary/aromatic N) is 2. The summed E-state index contributed by atoms with van der Waals surface area (Å²) in [7, 11) is 1.70. The van der Waals surface area contributed by atoms with E-state index in [1.807, 2.05) is 13.8 Å². The Morgan fingerprint density at radius 3 is 2.63 bits per heavy atom. The van der Waals surface area contributed by atoms with E-state index in [0.29, 0.717) is 17.2 Å². The Morgan fingerprint density at radius 1 is 1.53 bits per heavy atom. The largest absolute Gasteiger partial charge is 0.344 e. The average Bonchev–Trinajstić information content (AvgIpc) is 2.86. The van der Waals surface area contributed by atoms with E-state index in [1.165, 1.54) is 11.3 Å².